The number of fused-ring (bicyclic) bond motifs is 2. The number of pyridine rings is 1. The molecule has 1 aromatic heterocycles. The maximum absolute atomic E-state index is 13.0. The van der Waals surface area contributed by atoms with Crippen LogP contribution in [0.25, 0.3) is 10.9 Å². The Morgan fingerprint density at radius 2 is 1.92 bits per heavy atom. The molecule has 1 unspecified atom stereocenters. The average molecular weight is 499 g/mol. The van der Waals surface area contributed by atoms with Gasteiger partial charge in [0.15, 0.2) is 0 Å². The minimum Gasteiger partial charge on any atom is -0.489 e. The standard InChI is InChI=1S/C29H30N4O4/c1-17-13-32(14-19-4-8-24-20(11-19)5-3-18(2)30-24)16-26(17)37-22-6-7-23-21(12-22)15-33(29(23)36)25-9-10-27(34)31-28(25)35/h3-8,11-12,17,25-26H,9-10,13-16H2,1-2H3,(H,31,34,35)/t17-,25?,26-/m1/s1. The lowest BCUT2D eigenvalue weighted by Crippen LogP contribution is -2.52. The summed E-state index contributed by atoms with van der Waals surface area (Å²) >= 11 is 0. The molecule has 3 atom stereocenters. The molecule has 8 heteroatoms. The molecule has 1 N–H and O–H groups in total. The number of aryl methyl sites for hydroxylation is 1. The van der Waals surface area contributed by atoms with Gasteiger partial charge >= 0.3 is 0 Å². The number of hydrogen-bond donors (Lipinski definition) is 1. The number of aromatic nitrogens is 1. The van der Waals surface area contributed by atoms with Gasteiger partial charge in [-0.15, -0.1) is 0 Å². The van der Waals surface area contributed by atoms with Gasteiger partial charge in [0.2, 0.25) is 11.8 Å². The third kappa shape index (κ3) is 4.57. The van der Waals surface area contributed by atoms with Crippen LogP contribution in [0.1, 0.15) is 46.9 Å². The van der Waals surface area contributed by atoms with Crippen molar-refractivity contribution < 1.29 is 19.1 Å². The van der Waals surface area contributed by atoms with E-state index in [1.165, 1.54) is 5.56 Å². The van der Waals surface area contributed by atoms with Crippen molar-refractivity contribution in [2.24, 2.45) is 5.92 Å². The zero-order valence-corrected chi connectivity index (χ0v) is 21.1. The van der Waals surface area contributed by atoms with Gasteiger partial charge in [-0.2, -0.15) is 0 Å². The Balaban J connectivity index is 1.11. The van der Waals surface area contributed by atoms with Crippen LogP contribution in [0.15, 0.2) is 48.5 Å². The molecule has 190 valence electrons. The van der Waals surface area contributed by atoms with E-state index in [0.29, 0.717) is 24.4 Å². The van der Waals surface area contributed by atoms with Gasteiger partial charge in [-0.05, 0) is 60.9 Å². The van der Waals surface area contributed by atoms with Crippen molar-refractivity contribution in [3.8, 4) is 5.75 Å². The number of hydrogen-bond acceptors (Lipinski definition) is 6. The van der Waals surface area contributed by atoms with Gasteiger partial charge < -0.3 is 9.64 Å². The van der Waals surface area contributed by atoms with Gasteiger partial charge in [0.1, 0.15) is 17.9 Å². The van der Waals surface area contributed by atoms with Gasteiger partial charge in [0.05, 0.1) is 5.52 Å². The number of amides is 3. The molecule has 2 saturated heterocycles. The van der Waals surface area contributed by atoms with Crippen LogP contribution < -0.4 is 10.1 Å². The van der Waals surface area contributed by atoms with Gasteiger partial charge in [0, 0.05) is 55.2 Å². The van der Waals surface area contributed by atoms with Crippen molar-refractivity contribution in [3.63, 3.8) is 0 Å². The van der Waals surface area contributed by atoms with Crippen LogP contribution in [0, 0.1) is 12.8 Å². The van der Waals surface area contributed by atoms with Crippen LogP contribution >= 0.6 is 0 Å². The van der Waals surface area contributed by atoms with Crippen molar-refractivity contribution in [1.82, 2.24) is 20.1 Å². The first-order valence-electron chi connectivity index (χ1n) is 12.9. The Morgan fingerprint density at radius 1 is 1.05 bits per heavy atom. The smallest absolute Gasteiger partial charge is 0.255 e. The summed E-state index contributed by atoms with van der Waals surface area (Å²) in [6, 6.07) is 15.6. The minimum absolute atomic E-state index is 0.0474. The molecule has 4 heterocycles. The third-order valence-corrected chi connectivity index (χ3v) is 7.70. The molecular weight excluding hydrogens is 468 g/mol. The average Bonchev–Trinajstić information content (AvgIpc) is 3.37. The van der Waals surface area contributed by atoms with E-state index < -0.39 is 11.9 Å². The second-order valence-corrected chi connectivity index (χ2v) is 10.5. The minimum atomic E-state index is -0.611. The molecule has 0 bridgehead atoms. The molecule has 0 aliphatic carbocycles. The van der Waals surface area contributed by atoms with Gasteiger partial charge in [-0.1, -0.05) is 19.1 Å². The quantitative estimate of drug-likeness (QED) is 0.544. The predicted molar refractivity (Wildman–Crippen MR) is 138 cm³/mol. The number of ether oxygens (including phenoxy) is 1. The molecule has 8 nitrogen and oxygen atoms in total. The molecule has 2 aromatic carbocycles. The second kappa shape index (κ2) is 9.27. The van der Waals surface area contributed by atoms with Gasteiger partial charge in [-0.3, -0.25) is 29.6 Å². The molecule has 3 aliphatic heterocycles. The maximum atomic E-state index is 13.0. The Hall–Kier alpha value is -3.78. The first kappa shape index (κ1) is 23.6. The first-order chi connectivity index (χ1) is 17.8. The summed E-state index contributed by atoms with van der Waals surface area (Å²) in [6.07, 6.45) is 0.652. The van der Waals surface area contributed by atoms with Crippen LogP contribution in [0.2, 0.25) is 0 Å². The van der Waals surface area contributed by atoms with Crippen LogP contribution in [0.5, 0.6) is 5.75 Å². The highest BCUT2D eigenvalue weighted by Crippen LogP contribution is 2.32. The Bertz CT molecular complexity index is 1420. The number of nitrogens with zero attached hydrogens (tertiary/aromatic N) is 3. The van der Waals surface area contributed by atoms with E-state index in [9.17, 15) is 14.4 Å². The summed E-state index contributed by atoms with van der Waals surface area (Å²) in [5, 5.41) is 3.50. The van der Waals surface area contributed by atoms with E-state index in [2.05, 4.69) is 46.4 Å². The number of piperidine rings is 1. The fourth-order valence-corrected chi connectivity index (χ4v) is 5.75. The van der Waals surface area contributed by atoms with Crippen LogP contribution in [0.3, 0.4) is 0 Å². The van der Waals surface area contributed by atoms with Crippen molar-refractivity contribution in [3.05, 3.63) is 70.9 Å². The Labute approximate surface area is 215 Å². The normalized spacial score (nSPS) is 24.0. The van der Waals surface area contributed by atoms with Gasteiger partial charge in [-0.25, -0.2) is 0 Å². The number of carbonyl (C=O) groups excluding carboxylic acids is 3. The van der Waals surface area contributed by atoms with Crippen LogP contribution in [-0.4, -0.2) is 57.7 Å². The molecule has 2 fully saturated rings. The number of carbonyl (C=O) groups is 3. The lowest BCUT2D eigenvalue weighted by atomic mass is 10.0. The van der Waals surface area contributed by atoms with E-state index in [1.54, 1.807) is 11.0 Å². The highest BCUT2D eigenvalue weighted by Gasteiger charge is 2.39. The number of likely N-dealkylation sites (tertiary alicyclic amines) is 1. The summed E-state index contributed by atoms with van der Waals surface area (Å²) in [4.78, 5) is 45.3. The van der Waals surface area contributed by atoms with Gasteiger partial charge in [0.25, 0.3) is 5.91 Å². The molecule has 37 heavy (non-hydrogen) atoms. The summed E-state index contributed by atoms with van der Waals surface area (Å²) < 4.78 is 6.41. The number of rotatable bonds is 5. The van der Waals surface area contributed by atoms with E-state index in [4.69, 9.17) is 4.74 Å². The maximum Gasteiger partial charge on any atom is 0.255 e. The van der Waals surface area contributed by atoms with Crippen LogP contribution in [-0.2, 0) is 22.7 Å². The van der Waals surface area contributed by atoms with E-state index in [0.717, 1.165) is 47.5 Å². The van der Waals surface area contributed by atoms with Crippen molar-refractivity contribution in [2.45, 2.75) is 51.9 Å². The third-order valence-electron chi connectivity index (χ3n) is 7.70. The van der Waals surface area contributed by atoms with Crippen molar-refractivity contribution in [2.75, 3.05) is 13.1 Å². The highest BCUT2D eigenvalue weighted by molar-refractivity contribution is 6.05. The van der Waals surface area contributed by atoms with Crippen LogP contribution in [0.4, 0.5) is 0 Å². The predicted octanol–water partition coefficient (Wildman–Crippen LogP) is 3.20. The van der Waals surface area contributed by atoms with E-state index >= 15 is 0 Å². The fraction of sp³-hybridized carbons (Fsp3) is 0.379. The molecule has 0 spiro atoms. The molecule has 0 radical (unpaired) electrons. The summed E-state index contributed by atoms with van der Waals surface area (Å²) in [5.41, 5.74) is 4.75. The highest BCUT2D eigenvalue weighted by atomic mass is 16.5. The molecule has 3 amide bonds. The zero-order chi connectivity index (χ0) is 25.7. The van der Waals surface area contributed by atoms with E-state index in [-0.39, 0.29) is 24.3 Å². The molecular formula is C29H30N4O4. The number of imide groups is 1. The lowest BCUT2D eigenvalue weighted by molar-refractivity contribution is -0.136. The summed E-state index contributed by atoms with van der Waals surface area (Å²) in [5.74, 6) is 0.249. The zero-order valence-electron chi connectivity index (χ0n) is 21.1. The summed E-state index contributed by atoms with van der Waals surface area (Å²) in [6.45, 7) is 7.19. The van der Waals surface area contributed by atoms with Crippen molar-refractivity contribution in [1.29, 1.82) is 0 Å². The largest absolute Gasteiger partial charge is 0.489 e. The first-order valence-corrected chi connectivity index (χ1v) is 12.9. The monoisotopic (exact) mass is 498 g/mol. The van der Waals surface area contributed by atoms with E-state index in [1.807, 2.05) is 25.1 Å². The summed E-state index contributed by atoms with van der Waals surface area (Å²) in [7, 11) is 0. The second-order valence-electron chi connectivity index (χ2n) is 10.5. The van der Waals surface area contributed by atoms with Crippen molar-refractivity contribution >= 4 is 28.6 Å². The topological polar surface area (TPSA) is 91.8 Å². The lowest BCUT2D eigenvalue weighted by Gasteiger charge is -2.29. The Morgan fingerprint density at radius 3 is 2.76 bits per heavy atom. The molecule has 3 aromatic rings. The Kier molecular flexibility index (Phi) is 5.91. The SMILES string of the molecule is Cc1ccc2cc(CN3C[C@@H](C)[C@H](Oc4ccc5c(c4)CN(C4CCC(=O)NC4=O)C5=O)C3)ccc2n1. The molecule has 3 aliphatic rings. The number of nitrogens with one attached hydrogen (secondary N) is 1. The molecule has 0 saturated carbocycles. The fourth-order valence-electron chi connectivity index (χ4n) is 5.75. The molecule has 6 rings (SSSR count). The number of benzene rings is 2.